The molecule has 0 aliphatic carbocycles. The molecule has 1 amide bonds. The van der Waals surface area contributed by atoms with Gasteiger partial charge in [0.1, 0.15) is 0 Å². The highest BCUT2D eigenvalue weighted by atomic mass is 19.1. The van der Waals surface area contributed by atoms with Gasteiger partial charge >= 0.3 is 0 Å². The van der Waals surface area contributed by atoms with Gasteiger partial charge in [0.2, 0.25) is 0 Å². The summed E-state index contributed by atoms with van der Waals surface area (Å²) in [5, 5.41) is 0. The molecular weight excluding hydrogens is 219 g/mol. The fourth-order valence-electron chi connectivity index (χ4n) is 2.02. The molecular formula is C13H17FN2O. The average molecular weight is 236 g/mol. The largest absolute Gasteiger partial charge is 0.367 e. The normalized spacial score (nSPS) is 16.9. The van der Waals surface area contributed by atoms with Gasteiger partial charge in [-0.05, 0) is 37.5 Å². The van der Waals surface area contributed by atoms with E-state index in [4.69, 9.17) is 0 Å². The van der Waals surface area contributed by atoms with Crippen molar-refractivity contribution in [2.45, 2.75) is 25.9 Å². The first kappa shape index (κ1) is 11.9. The number of rotatable bonds is 2. The number of hydrogen-bond donors (Lipinski definition) is 1. The van der Waals surface area contributed by atoms with Crippen molar-refractivity contribution in [1.29, 1.82) is 0 Å². The fourth-order valence-corrected chi connectivity index (χ4v) is 2.02. The summed E-state index contributed by atoms with van der Waals surface area (Å²) in [6.07, 6.45) is 6.58. The first-order valence-corrected chi connectivity index (χ1v) is 5.79. The Morgan fingerprint density at radius 3 is 2.76 bits per heavy atom. The Morgan fingerprint density at radius 2 is 2.29 bits per heavy atom. The molecule has 0 bridgehead atoms. The summed E-state index contributed by atoms with van der Waals surface area (Å²) in [4.78, 5) is 16.3. The fraction of sp³-hybridized carbons (Fsp3) is 0.462. The SMILES string of the molecule is CC(C)(F)C(=O)N1CC=C(c2cc[nH]c2)CC1. The number of carbonyl (C=O) groups excluding carboxylic acids is 1. The molecule has 17 heavy (non-hydrogen) atoms. The maximum absolute atomic E-state index is 13.5. The highest BCUT2D eigenvalue weighted by Gasteiger charge is 2.32. The van der Waals surface area contributed by atoms with Crippen molar-refractivity contribution in [2.75, 3.05) is 13.1 Å². The second-order valence-electron chi connectivity index (χ2n) is 4.80. The maximum Gasteiger partial charge on any atom is 0.259 e. The van der Waals surface area contributed by atoms with Crippen molar-refractivity contribution in [3.8, 4) is 0 Å². The molecule has 0 fully saturated rings. The van der Waals surface area contributed by atoms with Crippen LogP contribution in [-0.4, -0.2) is 34.5 Å². The molecule has 3 nitrogen and oxygen atoms in total. The van der Waals surface area contributed by atoms with Crippen molar-refractivity contribution in [1.82, 2.24) is 9.88 Å². The van der Waals surface area contributed by atoms with Gasteiger partial charge < -0.3 is 9.88 Å². The maximum atomic E-state index is 13.5. The summed E-state index contributed by atoms with van der Waals surface area (Å²) in [6.45, 7) is 3.69. The van der Waals surface area contributed by atoms with Crippen LogP contribution in [0.15, 0.2) is 24.5 Å². The van der Waals surface area contributed by atoms with Crippen LogP contribution in [0, 0.1) is 0 Å². The summed E-state index contributed by atoms with van der Waals surface area (Å²) in [5.41, 5.74) is 0.586. The second kappa shape index (κ2) is 4.35. The summed E-state index contributed by atoms with van der Waals surface area (Å²) in [6, 6.07) is 2.00. The lowest BCUT2D eigenvalue weighted by Crippen LogP contribution is -2.44. The van der Waals surface area contributed by atoms with E-state index in [9.17, 15) is 9.18 Å². The minimum atomic E-state index is -1.78. The molecule has 1 aromatic heterocycles. The van der Waals surface area contributed by atoms with Gasteiger partial charge in [-0.3, -0.25) is 4.79 Å². The first-order valence-electron chi connectivity index (χ1n) is 5.79. The zero-order valence-corrected chi connectivity index (χ0v) is 10.2. The number of amides is 1. The zero-order valence-electron chi connectivity index (χ0n) is 10.2. The molecule has 1 aliphatic rings. The molecule has 2 heterocycles. The summed E-state index contributed by atoms with van der Waals surface area (Å²) in [7, 11) is 0. The van der Waals surface area contributed by atoms with Crippen LogP contribution >= 0.6 is 0 Å². The number of halogens is 1. The second-order valence-corrected chi connectivity index (χ2v) is 4.80. The van der Waals surface area contributed by atoms with Crippen LogP contribution in [0.2, 0.25) is 0 Å². The molecule has 0 saturated heterocycles. The van der Waals surface area contributed by atoms with Gasteiger partial charge in [-0.25, -0.2) is 4.39 Å². The number of nitrogens with zero attached hydrogens (tertiary/aromatic N) is 1. The molecule has 4 heteroatoms. The Morgan fingerprint density at radius 1 is 1.53 bits per heavy atom. The molecule has 0 radical (unpaired) electrons. The van der Waals surface area contributed by atoms with Crippen molar-refractivity contribution < 1.29 is 9.18 Å². The number of H-pyrrole nitrogens is 1. The predicted molar refractivity (Wildman–Crippen MR) is 65.2 cm³/mol. The Labute approximate surface area is 100 Å². The van der Waals surface area contributed by atoms with E-state index in [2.05, 4.69) is 4.98 Å². The Hall–Kier alpha value is -1.58. The average Bonchev–Trinajstić information content (AvgIpc) is 2.80. The number of carbonyl (C=O) groups is 1. The smallest absolute Gasteiger partial charge is 0.259 e. The monoisotopic (exact) mass is 236 g/mol. The third kappa shape index (κ3) is 2.57. The molecule has 0 spiro atoms. The third-order valence-electron chi connectivity index (χ3n) is 2.97. The van der Waals surface area contributed by atoms with Gasteiger partial charge in [-0.2, -0.15) is 0 Å². The van der Waals surface area contributed by atoms with Crippen molar-refractivity contribution in [2.24, 2.45) is 0 Å². The summed E-state index contributed by atoms with van der Waals surface area (Å²) in [5.74, 6) is -0.429. The van der Waals surface area contributed by atoms with Crippen LogP contribution in [0.25, 0.3) is 5.57 Å². The Balaban J connectivity index is 2.05. The lowest BCUT2D eigenvalue weighted by molar-refractivity contribution is -0.141. The van der Waals surface area contributed by atoms with Gasteiger partial charge in [-0.15, -0.1) is 0 Å². The Kier molecular flexibility index (Phi) is 3.05. The van der Waals surface area contributed by atoms with E-state index in [-0.39, 0.29) is 0 Å². The van der Waals surface area contributed by atoms with Gasteiger partial charge in [0, 0.05) is 25.5 Å². The minimum absolute atomic E-state index is 0.429. The highest BCUT2D eigenvalue weighted by Crippen LogP contribution is 2.23. The molecule has 1 aliphatic heterocycles. The quantitative estimate of drug-likeness (QED) is 0.840. The number of alkyl halides is 1. The number of aromatic amines is 1. The van der Waals surface area contributed by atoms with Crippen molar-refractivity contribution in [3.05, 3.63) is 30.1 Å². The molecule has 0 aromatic carbocycles. The van der Waals surface area contributed by atoms with Gasteiger partial charge in [-0.1, -0.05) is 6.08 Å². The molecule has 0 unspecified atom stereocenters. The summed E-state index contributed by atoms with van der Waals surface area (Å²) >= 11 is 0. The van der Waals surface area contributed by atoms with Gasteiger partial charge in [0.25, 0.3) is 5.91 Å². The van der Waals surface area contributed by atoms with Crippen molar-refractivity contribution in [3.63, 3.8) is 0 Å². The van der Waals surface area contributed by atoms with Crippen molar-refractivity contribution >= 4 is 11.5 Å². The Bertz CT molecular complexity index is 429. The van der Waals surface area contributed by atoms with E-state index in [0.29, 0.717) is 13.1 Å². The molecule has 1 aromatic rings. The molecule has 2 rings (SSSR count). The van der Waals surface area contributed by atoms with Crippen LogP contribution in [0.1, 0.15) is 25.8 Å². The lowest BCUT2D eigenvalue weighted by atomic mass is 10.0. The highest BCUT2D eigenvalue weighted by molar-refractivity contribution is 5.85. The first-order chi connectivity index (χ1) is 7.98. The van der Waals surface area contributed by atoms with E-state index in [1.807, 2.05) is 24.5 Å². The topological polar surface area (TPSA) is 36.1 Å². The lowest BCUT2D eigenvalue weighted by Gasteiger charge is -2.29. The van der Waals surface area contributed by atoms with Crippen LogP contribution in [0.3, 0.4) is 0 Å². The standard InChI is InChI=1S/C13H17FN2O/c1-13(2,14)12(17)16-7-4-10(5-8-16)11-3-6-15-9-11/h3-4,6,9,15H,5,7-8H2,1-2H3. The van der Waals surface area contributed by atoms with E-state index in [0.717, 1.165) is 12.0 Å². The number of hydrogen-bond acceptors (Lipinski definition) is 1. The summed E-state index contributed by atoms with van der Waals surface area (Å²) < 4.78 is 13.5. The molecule has 0 saturated carbocycles. The third-order valence-corrected chi connectivity index (χ3v) is 2.97. The van der Waals surface area contributed by atoms with Gasteiger partial charge in [0.05, 0.1) is 0 Å². The molecule has 1 N–H and O–H groups in total. The van der Waals surface area contributed by atoms with Crippen LogP contribution in [0.5, 0.6) is 0 Å². The van der Waals surface area contributed by atoms with Crippen LogP contribution in [0.4, 0.5) is 4.39 Å². The van der Waals surface area contributed by atoms with Gasteiger partial charge in [0.15, 0.2) is 5.67 Å². The molecule has 92 valence electrons. The van der Waals surface area contributed by atoms with E-state index in [1.54, 1.807) is 4.90 Å². The molecule has 0 atom stereocenters. The van der Waals surface area contributed by atoms with Crippen LogP contribution in [-0.2, 0) is 4.79 Å². The minimum Gasteiger partial charge on any atom is -0.367 e. The van der Waals surface area contributed by atoms with Crippen LogP contribution < -0.4 is 0 Å². The number of aromatic nitrogens is 1. The van der Waals surface area contributed by atoms with E-state index < -0.39 is 11.6 Å². The van der Waals surface area contributed by atoms with E-state index >= 15 is 0 Å². The van der Waals surface area contributed by atoms with E-state index in [1.165, 1.54) is 19.4 Å². The number of nitrogens with one attached hydrogen (secondary N) is 1. The predicted octanol–water partition coefficient (Wildman–Crippen LogP) is 2.38. The zero-order chi connectivity index (χ0) is 12.5.